The molecular formula is C22H26N4O6. The van der Waals surface area contributed by atoms with E-state index >= 15 is 0 Å². The lowest BCUT2D eigenvalue weighted by Crippen LogP contribution is -2.22. The fourth-order valence-electron chi connectivity index (χ4n) is 3.86. The average Bonchev–Trinajstić information content (AvgIpc) is 2.82. The van der Waals surface area contributed by atoms with Crippen molar-refractivity contribution in [2.24, 2.45) is 11.0 Å². The SMILES string of the molecule is COc1ccc(C(CC2CCC(OC)CC2)=NNc2ccc([N+](=O)[O-])cc2[N+](=O)[O-])cc1. The van der Waals surface area contributed by atoms with Crippen molar-refractivity contribution in [2.45, 2.75) is 38.2 Å². The predicted octanol–water partition coefficient (Wildman–Crippen LogP) is 4.92. The van der Waals surface area contributed by atoms with Gasteiger partial charge in [-0.05, 0) is 73.9 Å². The molecule has 0 spiro atoms. The first-order chi connectivity index (χ1) is 15.4. The van der Waals surface area contributed by atoms with Gasteiger partial charge < -0.3 is 9.47 Å². The summed E-state index contributed by atoms with van der Waals surface area (Å²) in [6.45, 7) is 0. The topological polar surface area (TPSA) is 129 Å². The number of nitro benzene ring substituents is 2. The first kappa shape index (κ1) is 23.1. The number of nitro groups is 2. The smallest absolute Gasteiger partial charge is 0.301 e. The highest BCUT2D eigenvalue weighted by Gasteiger charge is 2.23. The van der Waals surface area contributed by atoms with Crippen molar-refractivity contribution in [1.29, 1.82) is 0 Å². The molecule has 0 aromatic heterocycles. The zero-order valence-corrected chi connectivity index (χ0v) is 18.0. The molecule has 1 aliphatic rings. The number of nitrogens with zero attached hydrogens (tertiary/aromatic N) is 3. The van der Waals surface area contributed by atoms with Crippen LogP contribution in [0.3, 0.4) is 0 Å². The van der Waals surface area contributed by atoms with Crippen LogP contribution in [-0.4, -0.2) is 35.9 Å². The van der Waals surface area contributed by atoms with E-state index in [1.165, 1.54) is 12.1 Å². The molecule has 0 aliphatic heterocycles. The van der Waals surface area contributed by atoms with Crippen molar-refractivity contribution in [3.63, 3.8) is 0 Å². The number of nitrogens with one attached hydrogen (secondary N) is 1. The largest absolute Gasteiger partial charge is 0.497 e. The van der Waals surface area contributed by atoms with Gasteiger partial charge in [0, 0.05) is 13.2 Å². The first-order valence-electron chi connectivity index (χ1n) is 10.3. The first-order valence-corrected chi connectivity index (χ1v) is 10.3. The molecule has 170 valence electrons. The Morgan fingerprint density at radius 2 is 1.72 bits per heavy atom. The van der Waals surface area contributed by atoms with E-state index in [2.05, 4.69) is 10.5 Å². The lowest BCUT2D eigenvalue weighted by Gasteiger charge is -2.28. The molecule has 3 rings (SSSR count). The van der Waals surface area contributed by atoms with E-state index in [1.807, 2.05) is 24.3 Å². The summed E-state index contributed by atoms with van der Waals surface area (Å²) in [5, 5.41) is 26.9. The van der Waals surface area contributed by atoms with Crippen LogP contribution in [0.5, 0.6) is 5.75 Å². The van der Waals surface area contributed by atoms with Crippen LogP contribution in [0.2, 0.25) is 0 Å². The van der Waals surface area contributed by atoms with Gasteiger partial charge in [0.15, 0.2) is 0 Å². The standard InChI is InChI=1S/C22H26N4O6/c1-31-18-8-3-15(4-9-18)13-21(16-5-10-19(32-2)11-6-16)24-23-20-12-7-17(25(27)28)14-22(20)26(29)30/h5-7,10-12,14-15,18,23H,3-4,8-9,13H2,1-2H3. The monoisotopic (exact) mass is 442 g/mol. The molecule has 0 atom stereocenters. The van der Waals surface area contributed by atoms with Crippen LogP contribution in [0.4, 0.5) is 17.1 Å². The van der Waals surface area contributed by atoms with E-state index in [9.17, 15) is 20.2 Å². The van der Waals surface area contributed by atoms with Crippen LogP contribution in [-0.2, 0) is 4.74 Å². The molecule has 1 fully saturated rings. The summed E-state index contributed by atoms with van der Waals surface area (Å²) in [4.78, 5) is 21.1. The van der Waals surface area contributed by atoms with E-state index in [0.717, 1.165) is 43.0 Å². The average molecular weight is 442 g/mol. The molecule has 1 aliphatic carbocycles. The summed E-state index contributed by atoms with van der Waals surface area (Å²) in [6, 6.07) is 10.9. The van der Waals surface area contributed by atoms with Gasteiger partial charge in [-0.25, -0.2) is 0 Å². The van der Waals surface area contributed by atoms with Crippen molar-refractivity contribution in [2.75, 3.05) is 19.6 Å². The number of rotatable bonds is 9. The number of hydrazone groups is 1. The van der Waals surface area contributed by atoms with Crippen LogP contribution < -0.4 is 10.2 Å². The minimum absolute atomic E-state index is 0.0923. The van der Waals surface area contributed by atoms with Gasteiger partial charge in [0.05, 0.1) is 34.8 Å². The number of non-ortho nitro benzene ring substituents is 1. The van der Waals surface area contributed by atoms with Crippen molar-refractivity contribution in [1.82, 2.24) is 0 Å². The van der Waals surface area contributed by atoms with E-state index < -0.39 is 15.5 Å². The Labute approximate surface area is 185 Å². The summed E-state index contributed by atoms with van der Waals surface area (Å²) in [5.74, 6) is 1.13. The van der Waals surface area contributed by atoms with Crippen molar-refractivity contribution in [3.8, 4) is 5.75 Å². The van der Waals surface area contributed by atoms with Gasteiger partial charge in [-0.3, -0.25) is 25.7 Å². The highest BCUT2D eigenvalue weighted by Crippen LogP contribution is 2.31. The lowest BCUT2D eigenvalue weighted by molar-refractivity contribution is -0.393. The van der Waals surface area contributed by atoms with Gasteiger partial charge in [0.25, 0.3) is 5.69 Å². The molecule has 32 heavy (non-hydrogen) atoms. The number of hydrogen-bond acceptors (Lipinski definition) is 8. The van der Waals surface area contributed by atoms with Gasteiger partial charge >= 0.3 is 5.69 Å². The minimum atomic E-state index is -0.667. The van der Waals surface area contributed by atoms with Gasteiger partial charge in [-0.15, -0.1) is 0 Å². The second kappa shape index (κ2) is 10.7. The van der Waals surface area contributed by atoms with Crippen molar-refractivity contribution < 1.29 is 19.3 Å². The maximum atomic E-state index is 11.4. The molecule has 0 unspecified atom stereocenters. The third-order valence-electron chi connectivity index (χ3n) is 5.73. The lowest BCUT2D eigenvalue weighted by atomic mass is 9.83. The Balaban J connectivity index is 1.87. The van der Waals surface area contributed by atoms with Gasteiger partial charge in [0.1, 0.15) is 11.4 Å². The van der Waals surface area contributed by atoms with Crippen molar-refractivity contribution >= 4 is 22.8 Å². The van der Waals surface area contributed by atoms with Crippen LogP contribution in [0.1, 0.15) is 37.7 Å². The maximum Gasteiger partial charge on any atom is 0.301 e. The van der Waals surface area contributed by atoms with Crippen LogP contribution in [0.15, 0.2) is 47.6 Å². The molecule has 0 heterocycles. The van der Waals surface area contributed by atoms with Gasteiger partial charge in [-0.2, -0.15) is 5.10 Å². The summed E-state index contributed by atoms with van der Waals surface area (Å²) in [7, 11) is 3.32. The van der Waals surface area contributed by atoms with Crippen LogP contribution >= 0.6 is 0 Å². The summed E-state index contributed by atoms with van der Waals surface area (Å²) >= 11 is 0. The third kappa shape index (κ3) is 5.79. The number of methoxy groups -OCH3 is 2. The Morgan fingerprint density at radius 3 is 2.28 bits per heavy atom. The Bertz CT molecular complexity index is 984. The predicted molar refractivity (Wildman–Crippen MR) is 120 cm³/mol. The molecule has 0 saturated heterocycles. The van der Waals surface area contributed by atoms with E-state index in [4.69, 9.17) is 9.47 Å². The van der Waals surface area contributed by atoms with Crippen LogP contribution in [0, 0.1) is 26.1 Å². The highest BCUT2D eigenvalue weighted by molar-refractivity contribution is 6.01. The molecule has 2 aromatic carbocycles. The Morgan fingerprint density at radius 1 is 1.03 bits per heavy atom. The van der Waals surface area contributed by atoms with Gasteiger partial charge in [-0.1, -0.05) is 0 Å². The second-order valence-electron chi connectivity index (χ2n) is 7.70. The molecule has 2 aromatic rings. The fraction of sp³-hybridized carbons (Fsp3) is 0.409. The molecule has 1 saturated carbocycles. The number of anilines is 1. The molecule has 0 amide bonds. The van der Waals surface area contributed by atoms with E-state index in [1.54, 1.807) is 14.2 Å². The summed E-state index contributed by atoms with van der Waals surface area (Å²) < 4.78 is 10.7. The van der Waals surface area contributed by atoms with Crippen molar-refractivity contribution in [3.05, 3.63) is 68.3 Å². The van der Waals surface area contributed by atoms with E-state index in [0.29, 0.717) is 18.1 Å². The van der Waals surface area contributed by atoms with Gasteiger partial charge in [0.2, 0.25) is 0 Å². The number of hydrogen-bond donors (Lipinski definition) is 1. The Kier molecular flexibility index (Phi) is 7.72. The Hall–Kier alpha value is -3.53. The molecule has 10 nitrogen and oxygen atoms in total. The zero-order valence-electron chi connectivity index (χ0n) is 18.0. The molecule has 10 heteroatoms. The van der Waals surface area contributed by atoms with Crippen LogP contribution in [0.25, 0.3) is 0 Å². The molecule has 0 radical (unpaired) electrons. The zero-order chi connectivity index (χ0) is 23.1. The number of ether oxygens (including phenoxy) is 2. The molecular weight excluding hydrogens is 416 g/mol. The third-order valence-corrected chi connectivity index (χ3v) is 5.73. The highest BCUT2D eigenvalue weighted by atomic mass is 16.6. The number of benzene rings is 2. The maximum absolute atomic E-state index is 11.4. The normalized spacial score (nSPS) is 18.8. The van der Waals surface area contributed by atoms with E-state index in [-0.39, 0.29) is 17.5 Å². The molecule has 1 N–H and O–H groups in total. The quantitative estimate of drug-likeness (QED) is 0.331. The minimum Gasteiger partial charge on any atom is -0.497 e. The molecule has 0 bridgehead atoms. The summed E-state index contributed by atoms with van der Waals surface area (Å²) in [5.41, 5.74) is 3.73. The fourth-order valence-corrected chi connectivity index (χ4v) is 3.86. The summed E-state index contributed by atoms with van der Waals surface area (Å²) in [6.07, 6.45) is 4.96. The second-order valence-corrected chi connectivity index (χ2v) is 7.70.